The fourth-order valence-corrected chi connectivity index (χ4v) is 4.08. The van der Waals surface area contributed by atoms with E-state index in [1.165, 1.54) is 0 Å². The highest BCUT2D eigenvalue weighted by Gasteiger charge is 2.29. The Balaban J connectivity index is 2.49. The van der Waals surface area contributed by atoms with Crippen molar-refractivity contribution in [1.82, 2.24) is 0 Å². The molecule has 0 fully saturated rings. The van der Waals surface area contributed by atoms with Gasteiger partial charge in [0.05, 0.1) is 3.57 Å². The third-order valence-corrected chi connectivity index (χ3v) is 6.53. The van der Waals surface area contributed by atoms with Crippen molar-refractivity contribution in [1.29, 1.82) is 0 Å². The highest BCUT2D eigenvalue weighted by Crippen LogP contribution is 2.31. The van der Waals surface area contributed by atoms with E-state index < -0.39 is 47.0 Å². The summed E-state index contributed by atoms with van der Waals surface area (Å²) in [5.74, 6) is -9.65. The molecule has 3 nitrogen and oxygen atoms in total. The van der Waals surface area contributed by atoms with Gasteiger partial charge in [0, 0.05) is 12.7 Å². The van der Waals surface area contributed by atoms with E-state index in [9.17, 15) is 22.4 Å². The maximum absolute atomic E-state index is 13.9. The van der Waals surface area contributed by atoms with E-state index in [4.69, 9.17) is 9.84 Å². The van der Waals surface area contributed by atoms with Gasteiger partial charge in [0.2, 0.25) is 0 Å². The Hall–Kier alpha value is -0.380. The van der Waals surface area contributed by atoms with Crippen molar-refractivity contribution in [3.63, 3.8) is 0 Å². The van der Waals surface area contributed by atoms with Crippen LogP contribution in [0.1, 0.15) is 15.9 Å². The van der Waals surface area contributed by atoms with Gasteiger partial charge in [0.15, 0.2) is 23.3 Å². The summed E-state index contributed by atoms with van der Waals surface area (Å²) in [4.78, 5) is 11.1. The van der Waals surface area contributed by atoms with Crippen molar-refractivity contribution < 1.29 is 32.2 Å². The molecule has 2 rings (SSSR count). The standard InChI is InChI=1S/C14H5F4I3O3/c15-9-5(8(14(22)23)10(16)12(18)11(9)17)3-24-7-2-4(19)1-6(20)13(7)21/h1-2H,3H2,(H,22,23). The van der Waals surface area contributed by atoms with Gasteiger partial charge in [0.1, 0.15) is 17.9 Å². The minimum Gasteiger partial charge on any atom is -0.488 e. The van der Waals surface area contributed by atoms with Gasteiger partial charge in [0.25, 0.3) is 0 Å². The Kier molecular flexibility index (Phi) is 6.55. The summed E-state index contributed by atoms with van der Waals surface area (Å²) in [7, 11) is 0. The number of carboxylic acids is 1. The summed E-state index contributed by atoms with van der Waals surface area (Å²) in [5, 5.41) is 8.97. The second-order valence-corrected chi connectivity index (χ2v) is 7.89. The van der Waals surface area contributed by atoms with Crippen molar-refractivity contribution in [2.45, 2.75) is 6.61 Å². The van der Waals surface area contributed by atoms with Crippen molar-refractivity contribution in [2.24, 2.45) is 0 Å². The number of ether oxygens (including phenoxy) is 1. The lowest BCUT2D eigenvalue weighted by molar-refractivity contribution is 0.0685. The predicted molar refractivity (Wildman–Crippen MR) is 102 cm³/mol. The molecule has 0 saturated carbocycles. The van der Waals surface area contributed by atoms with E-state index in [1.54, 1.807) is 6.07 Å². The molecule has 24 heavy (non-hydrogen) atoms. The molecule has 0 aromatic heterocycles. The molecule has 0 heterocycles. The minimum atomic E-state index is -2.17. The average molecular weight is 678 g/mol. The van der Waals surface area contributed by atoms with Crippen LogP contribution in [0.4, 0.5) is 17.6 Å². The number of hydrogen-bond acceptors (Lipinski definition) is 2. The van der Waals surface area contributed by atoms with Crippen LogP contribution >= 0.6 is 67.8 Å². The third kappa shape index (κ3) is 3.89. The summed E-state index contributed by atoms with van der Waals surface area (Å²) in [6.45, 7) is -0.770. The quantitative estimate of drug-likeness (QED) is 0.206. The average Bonchev–Trinajstić information content (AvgIpc) is 2.51. The largest absolute Gasteiger partial charge is 0.488 e. The Morgan fingerprint density at radius 2 is 1.58 bits per heavy atom. The van der Waals surface area contributed by atoms with Crippen LogP contribution < -0.4 is 4.74 Å². The van der Waals surface area contributed by atoms with Crippen molar-refractivity contribution in [2.75, 3.05) is 0 Å². The Morgan fingerprint density at radius 1 is 1.00 bits per heavy atom. The summed E-state index contributed by atoms with van der Waals surface area (Å²) >= 11 is 6.01. The molecule has 10 heteroatoms. The molecule has 0 amide bonds. The van der Waals surface area contributed by atoms with Crippen LogP contribution in [0.15, 0.2) is 12.1 Å². The van der Waals surface area contributed by atoms with Gasteiger partial charge in [-0.3, -0.25) is 0 Å². The van der Waals surface area contributed by atoms with Crippen LogP contribution in [-0.2, 0) is 6.61 Å². The molecule has 2 aromatic rings. The summed E-state index contributed by atoms with van der Waals surface area (Å²) in [6, 6.07) is 3.44. The number of halogens is 7. The Labute approximate surface area is 174 Å². The second kappa shape index (κ2) is 7.88. The molecule has 0 atom stereocenters. The monoisotopic (exact) mass is 678 g/mol. The van der Waals surface area contributed by atoms with Crippen LogP contribution in [0.25, 0.3) is 0 Å². The summed E-state index contributed by atoms with van der Waals surface area (Å²) < 4.78 is 61.8. The zero-order valence-electron chi connectivity index (χ0n) is 11.3. The molecule has 2 aromatic carbocycles. The molecular weight excluding hydrogens is 673 g/mol. The molecule has 0 spiro atoms. The highest BCUT2D eigenvalue weighted by atomic mass is 127. The lowest BCUT2D eigenvalue weighted by atomic mass is 10.1. The number of rotatable bonds is 4. The van der Waals surface area contributed by atoms with Crippen LogP contribution in [0.2, 0.25) is 0 Å². The van der Waals surface area contributed by atoms with Gasteiger partial charge in [-0.05, 0) is 79.9 Å². The molecule has 0 aliphatic rings. The third-order valence-electron chi connectivity index (χ3n) is 2.91. The molecule has 0 aliphatic heterocycles. The van der Waals surface area contributed by atoms with E-state index in [2.05, 4.69) is 0 Å². The normalized spacial score (nSPS) is 10.8. The van der Waals surface area contributed by atoms with Crippen LogP contribution in [0.5, 0.6) is 5.75 Å². The zero-order chi connectivity index (χ0) is 18.2. The fraction of sp³-hybridized carbons (Fsp3) is 0.0714. The van der Waals surface area contributed by atoms with E-state index in [1.807, 2.05) is 73.8 Å². The molecular formula is C14H5F4I3O3. The van der Waals surface area contributed by atoms with Crippen molar-refractivity contribution >= 4 is 73.7 Å². The van der Waals surface area contributed by atoms with Gasteiger partial charge in [-0.1, -0.05) is 0 Å². The number of carbonyl (C=O) groups is 1. The van der Waals surface area contributed by atoms with Crippen LogP contribution in [0.3, 0.4) is 0 Å². The molecule has 1 N–H and O–H groups in total. The first kappa shape index (κ1) is 19.9. The first-order valence-electron chi connectivity index (χ1n) is 6.00. The van der Waals surface area contributed by atoms with Gasteiger partial charge < -0.3 is 9.84 Å². The minimum absolute atomic E-state index is 0.285. The molecule has 0 aliphatic carbocycles. The Morgan fingerprint density at radius 3 is 2.17 bits per heavy atom. The van der Waals surface area contributed by atoms with Gasteiger partial charge in [-0.2, -0.15) is 0 Å². The number of aromatic carboxylic acids is 1. The number of benzene rings is 2. The topological polar surface area (TPSA) is 46.5 Å². The SMILES string of the molecule is O=C(O)c1c(F)c(F)c(F)c(F)c1COc1cc(I)cc(I)c1I. The van der Waals surface area contributed by atoms with Crippen molar-refractivity contribution in [3.8, 4) is 5.75 Å². The van der Waals surface area contributed by atoms with Gasteiger partial charge in [-0.25, -0.2) is 22.4 Å². The van der Waals surface area contributed by atoms with Crippen molar-refractivity contribution in [3.05, 3.63) is 57.2 Å². The summed E-state index contributed by atoms with van der Waals surface area (Å²) in [6.07, 6.45) is 0. The highest BCUT2D eigenvalue weighted by molar-refractivity contribution is 14.1. The van der Waals surface area contributed by atoms with E-state index in [-0.39, 0.29) is 5.75 Å². The van der Waals surface area contributed by atoms with Crippen LogP contribution in [-0.4, -0.2) is 11.1 Å². The fourth-order valence-electron chi connectivity index (χ4n) is 1.82. The maximum Gasteiger partial charge on any atom is 0.339 e. The van der Waals surface area contributed by atoms with Crippen LogP contribution in [0, 0.1) is 34.0 Å². The number of hydrogen-bond donors (Lipinski definition) is 1. The molecule has 0 saturated heterocycles. The molecule has 128 valence electrons. The smallest absolute Gasteiger partial charge is 0.339 e. The first-order chi connectivity index (χ1) is 11.1. The first-order valence-corrected chi connectivity index (χ1v) is 9.24. The van der Waals surface area contributed by atoms with E-state index >= 15 is 0 Å². The lowest BCUT2D eigenvalue weighted by Crippen LogP contribution is -2.15. The second-order valence-electron chi connectivity index (χ2n) is 4.40. The predicted octanol–water partition coefficient (Wildman–Crippen LogP) is 5.33. The maximum atomic E-state index is 13.9. The Bertz CT molecular complexity index is 843. The van der Waals surface area contributed by atoms with Gasteiger partial charge in [-0.15, -0.1) is 0 Å². The lowest BCUT2D eigenvalue weighted by Gasteiger charge is -2.14. The summed E-state index contributed by atoms with van der Waals surface area (Å²) in [5.41, 5.74) is -2.19. The molecule has 0 bridgehead atoms. The zero-order valence-corrected chi connectivity index (χ0v) is 17.7. The molecule has 0 unspecified atom stereocenters. The number of carboxylic acid groups (broad SMARTS) is 1. The van der Waals surface area contributed by atoms with E-state index in [0.717, 1.165) is 7.14 Å². The van der Waals surface area contributed by atoms with Gasteiger partial charge >= 0.3 is 5.97 Å². The molecule has 0 radical (unpaired) electrons. The van der Waals surface area contributed by atoms with E-state index in [0.29, 0.717) is 3.57 Å².